The molecule has 0 spiro atoms. The Balaban J connectivity index is 4.48. The maximum absolute atomic E-state index is 14.8. The summed E-state index contributed by atoms with van der Waals surface area (Å²) in [6.45, 7) is 2.59. The number of halogens is 18. The molecule has 0 unspecified atom stereocenters. The highest BCUT2D eigenvalue weighted by Gasteiger charge is 2.85. The van der Waals surface area contributed by atoms with Crippen molar-refractivity contribution in [2.45, 2.75) is 47.9 Å². The van der Waals surface area contributed by atoms with Crippen molar-refractivity contribution in [1.82, 2.24) is 0 Å². The highest BCUT2D eigenvalue weighted by molar-refractivity contribution is 6.58. The van der Waals surface area contributed by atoms with Crippen molar-refractivity contribution in [2.75, 3.05) is 5.32 Å². The van der Waals surface area contributed by atoms with Crippen molar-refractivity contribution >= 4 is 24.2 Å². The molecule has 40 heavy (non-hydrogen) atoms. The summed E-state index contributed by atoms with van der Waals surface area (Å²) in [5.74, 6) is -49.3. The van der Waals surface area contributed by atoms with Gasteiger partial charge in [-0.3, -0.25) is 4.79 Å². The molecule has 228 valence electrons. The van der Waals surface area contributed by atoms with Crippen LogP contribution >= 0.6 is 0 Å². The van der Waals surface area contributed by atoms with Gasteiger partial charge in [0.1, 0.15) is 0 Å². The number of hydrogen-bond acceptors (Lipinski definition) is 3. The first-order valence-electron chi connectivity index (χ1n) is 9.26. The van der Waals surface area contributed by atoms with Gasteiger partial charge < -0.3 is 15.4 Å². The summed E-state index contributed by atoms with van der Waals surface area (Å²) < 4.78 is 244. The summed E-state index contributed by atoms with van der Waals surface area (Å²) in [6.07, 6.45) is -15.5. The molecule has 3 N–H and O–H groups in total. The number of rotatable bonds is 9. The lowest BCUT2D eigenvalue weighted by Crippen LogP contribution is -2.62. The molecule has 0 fully saturated rings. The first kappa shape index (κ1) is 35.2. The minimum Gasteiger partial charge on any atom is -0.423 e. The van der Waals surface area contributed by atoms with Gasteiger partial charge in [0.25, 0.3) is 0 Å². The van der Waals surface area contributed by atoms with Crippen molar-refractivity contribution < 1.29 is 93.9 Å². The Morgan fingerprint density at radius 3 is 1.38 bits per heavy atom. The lowest BCUT2D eigenvalue weighted by molar-refractivity contribution is -0.404. The molecule has 1 aromatic carbocycles. The summed E-state index contributed by atoms with van der Waals surface area (Å²) in [5.41, 5.74) is -12.6. The van der Waals surface area contributed by atoms with Crippen LogP contribution in [0.15, 0.2) is 24.8 Å². The van der Waals surface area contributed by atoms with E-state index in [-0.39, 0.29) is 6.08 Å². The van der Waals surface area contributed by atoms with Crippen LogP contribution in [0.25, 0.3) is 0 Å². The molecule has 0 radical (unpaired) electrons. The van der Waals surface area contributed by atoms with Crippen molar-refractivity contribution in [2.24, 2.45) is 0 Å². The lowest BCUT2D eigenvalue weighted by atomic mass is 9.75. The molecule has 0 aromatic heterocycles. The van der Waals surface area contributed by atoms with E-state index >= 15 is 0 Å². The highest BCUT2D eigenvalue weighted by atomic mass is 19.4. The summed E-state index contributed by atoms with van der Waals surface area (Å²) in [4.78, 5) is 11.5. The van der Waals surface area contributed by atoms with Gasteiger partial charge in [-0.15, -0.1) is 0 Å². The molecule has 1 rings (SSSR count). The zero-order chi connectivity index (χ0) is 32.3. The van der Waals surface area contributed by atoms with Gasteiger partial charge >= 0.3 is 55.0 Å². The molecule has 23 heteroatoms. The van der Waals surface area contributed by atoms with Gasteiger partial charge in [0, 0.05) is 5.56 Å². The minimum absolute atomic E-state index is 0.101. The molecule has 4 nitrogen and oxygen atoms in total. The summed E-state index contributed by atoms with van der Waals surface area (Å²) in [5, 5.41) is 18.9. The first-order chi connectivity index (χ1) is 17.4. The van der Waals surface area contributed by atoms with Crippen molar-refractivity contribution in [3.05, 3.63) is 35.9 Å². The number of benzene rings is 1. The smallest absolute Gasteiger partial charge is 0.423 e. The molecule has 0 aliphatic carbocycles. The van der Waals surface area contributed by atoms with Gasteiger partial charge in [-0.1, -0.05) is 12.6 Å². The van der Waals surface area contributed by atoms with Crippen molar-refractivity contribution in [3.8, 4) is 0 Å². The molecule has 0 aliphatic heterocycles. The zero-order valence-corrected chi connectivity index (χ0v) is 18.1. The van der Waals surface area contributed by atoms with Crippen LogP contribution < -0.4 is 10.8 Å². The van der Waals surface area contributed by atoms with Gasteiger partial charge in [0.05, 0.1) is 11.3 Å². The molecule has 1 aromatic rings. The third kappa shape index (κ3) is 5.16. The van der Waals surface area contributed by atoms with Gasteiger partial charge in [-0.25, -0.2) is 0 Å². The van der Waals surface area contributed by atoms with E-state index in [4.69, 9.17) is 10.0 Å². The molecule has 0 bridgehead atoms. The fourth-order valence-electron chi connectivity index (χ4n) is 2.76. The molecule has 0 heterocycles. The number of anilines is 1. The Kier molecular flexibility index (Phi) is 8.71. The van der Waals surface area contributed by atoms with E-state index in [1.54, 1.807) is 0 Å². The first-order valence-corrected chi connectivity index (χ1v) is 9.26. The van der Waals surface area contributed by atoms with Crippen molar-refractivity contribution in [3.63, 3.8) is 0 Å². The number of carbonyl (C=O) groups excluding carboxylic acids is 1. The fourth-order valence-corrected chi connectivity index (χ4v) is 2.76. The van der Waals surface area contributed by atoms with Gasteiger partial charge in [0.2, 0.25) is 5.91 Å². The average Bonchev–Trinajstić information content (AvgIpc) is 2.75. The number of amides is 1. The minimum atomic E-state index is -8.04. The van der Waals surface area contributed by atoms with E-state index in [0.29, 0.717) is 0 Å². The highest BCUT2D eigenvalue weighted by Crippen LogP contribution is 2.62. The normalized spacial score (nSPS) is 14.7. The van der Waals surface area contributed by atoms with Gasteiger partial charge in [0.15, 0.2) is 0 Å². The quantitative estimate of drug-likeness (QED) is 0.197. The maximum Gasteiger partial charge on any atom is 0.488 e. The van der Waals surface area contributed by atoms with Crippen LogP contribution in [-0.2, 0) is 16.6 Å². The predicted molar refractivity (Wildman–Crippen MR) is 94.8 cm³/mol. The maximum atomic E-state index is 14.8. The summed E-state index contributed by atoms with van der Waals surface area (Å²) in [6, 6.07) is -1.91. The molecule has 0 atom stereocenters. The van der Waals surface area contributed by atoms with E-state index in [1.165, 1.54) is 0 Å². The van der Waals surface area contributed by atoms with Crippen LogP contribution in [0.1, 0.15) is 11.1 Å². The van der Waals surface area contributed by atoms with Gasteiger partial charge in [-0.05, 0) is 17.6 Å². The van der Waals surface area contributed by atoms with Crippen LogP contribution in [-0.4, -0.2) is 59.1 Å². The van der Waals surface area contributed by atoms with Gasteiger partial charge in [-0.2, -0.15) is 79.0 Å². The van der Waals surface area contributed by atoms with Crippen molar-refractivity contribution in [1.29, 1.82) is 0 Å². The second-order valence-corrected chi connectivity index (χ2v) is 7.50. The standard InChI is InChI=1S/C17H8BF18NO3/c1-2-8(38)37-7-4-5(18(39)40)3-6(10(19,20)12(23,24)14(27,28)16(31,32)33)9(7)11(21,22)13(25,26)15(29,30)17(34,35)36/h2-4,39-40H,1H2,(H,37,38). The van der Waals surface area contributed by atoms with Crippen LogP contribution in [0.5, 0.6) is 0 Å². The number of hydrogen-bond donors (Lipinski definition) is 3. The zero-order valence-electron chi connectivity index (χ0n) is 18.1. The number of alkyl halides is 18. The van der Waals surface area contributed by atoms with E-state index in [0.717, 1.165) is 5.32 Å². The Hall–Kier alpha value is -2.85. The van der Waals surface area contributed by atoms with Crippen LogP contribution in [0.4, 0.5) is 84.7 Å². The van der Waals surface area contributed by atoms with Crippen LogP contribution in [0.2, 0.25) is 0 Å². The largest absolute Gasteiger partial charge is 0.488 e. The topological polar surface area (TPSA) is 69.6 Å². The number of carbonyl (C=O) groups is 1. The molecular weight excluding hydrogens is 619 g/mol. The molecule has 0 saturated heterocycles. The van der Waals surface area contributed by atoms with E-state index < -0.39 is 95.3 Å². The molecular formula is C17H8BF18NO3. The average molecular weight is 627 g/mol. The Labute approximate surface area is 208 Å². The van der Waals surface area contributed by atoms with E-state index in [1.807, 2.05) is 0 Å². The Bertz CT molecular complexity index is 1140. The summed E-state index contributed by atoms with van der Waals surface area (Å²) in [7, 11) is -3.43. The van der Waals surface area contributed by atoms with E-state index in [2.05, 4.69) is 6.58 Å². The SMILES string of the molecule is C=CC(=O)Nc1cc(B(O)O)cc(C(F)(F)C(F)(F)C(F)(F)C(F)(F)F)c1C(F)(F)C(F)(F)C(F)(F)C(F)(F)F. The third-order valence-corrected chi connectivity index (χ3v) is 4.84. The second-order valence-electron chi connectivity index (χ2n) is 7.50. The predicted octanol–water partition coefficient (Wildman–Crippen LogP) is 5.34. The Morgan fingerprint density at radius 1 is 0.675 bits per heavy atom. The Morgan fingerprint density at radius 2 is 1.05 bits per heavy atom. The second kappa shape index (κ2) is 9.91. The molecule has 1 amide bonds. The van der Waals surface area contributed by atoms with Crippen LogP contribution in [0.3, 0.4) is 0 Å². The molecule has 0 aliphatic rings. The molecule has 0 saturated carbocycles. The lowest BCUT2D eigenvalue weighted by Gasteiger charge is -2.38. The monoisotopic (exact) mass is 627 g/mol. The number of nitrogens with one attached hydrogen (secondary N) is 1. The fraction of sp³-hybridized carbons (Fsp3) is 0.471. The van der Waals surface area contributed by atoms with E-state index in [9.17, 15) is 83.8 Å². The van der Waals surface area contributed by atoms with Crippen LogP contribution in [0, 0.1) is 0 Å². The summed E-state index contributed by atoms with van der Waals surface area (Å²) >= 11 is 0. The third-order valence-electron chi connectivity index (χ3n) is 4.84.